The first-order chi connectivity index (χ1) is 9.06. The molecule has 1 N–H and O–H groups in total. The number of para-hydroxylation sites is 1. The SMILES string of the molecule is O=C(c1cccc(Cl)c1[N+](=O)[O-])N1CCCC1CO. The highest BCUT2D eigenvalue weighted by molar-refractivity contribution is 6.33. The van der Waals surface area contributed by atoms with Crippen molar-refractivity contribution in [2.75, 3.05) is 13.2 Å². The predicted octanol–water partition coefficient (Wildman–Crippen LogP) is 1.85. The van der Waals surface area contributed by atoms with Crippen molar-refractivity contribution in [2.45, 2.75) is 18.9 Å². The number of nitro benzene ring substituents is 1. The summed E-state index contributed by atoms with van der Waals surface area (Å²) in [6.07, 6.45) is 1.49. The summed E-state index contributed by atoms with van der Waals surface area (Å²) >= 11 is 5.78. The first-order valence-electron chi connectivity index (χ1n) is 5.91. The van der Waals surface area contributed by atoms with Crippen LogP contribution in [0.2, 0.25) is 5.02 Å². The lowest BCUT2D eigenvalue weighted by molar-refractivity contribution is -0.385. The molecule has 1 fully saturated rings. The molecule has 19 heavy (non-hydrogen) atoms. The summed E-state index contributed by atoms with van der Waals surface area (Å²) in [6.45, 7) is 0.355. The number of rotatable bonds is 3. The Hall–Kier alpha value is -1.66. The van der Waals surface area contributed by atoms with Crippen molar-refractivity contribution in [1.82, 2.24) is 4.90 Å². The van der Waals surface area contributed by atoms with E-state index in [0.29, 0.717) is 13.0 Å². The molecular weight excluding hydrogens is 272 g/mol. The van der Waals surface area contributed by atoms with E-state index in [0.717, 1.165) is 6.42 Å². The van der Waals surface area contributed by atoms with Crippen LogP contribution in [0.3, 0.4) is 0 Å². The number of carbonyl (C=O) groups excluding carboxylic acids is 1. The van der Waals surface area contributed by atoms with E-state index in [1.54, 1.807) is 0 Å². The van der Waals surface area contributed by atoms with Crippen molar-refractivity contribution in [1.29, 1.82) is 0 Å². The van der Waals surface area contributed by atoms with Gasteiger partial charge in [-0.3, -0.25) is 14.9 Å². The standard InChI is InChI=1S/C12H13ClN2O4/c13-10-5-1-4-9(11(10)15(18)19)12(17)14-6-2-3-8(14)7-16/h1,4-5,8,16H,2-3,6-7H2. The van der Waals surface area contributed by atoms with Gasteiger partial charge in [-0.1, -0.05) is 17.7 Å². The van der Waals surface area contributed by atoms with Crippen LogP contribution >= 0.6 is 11.6 Å². The van der Waals surface area contributed by atoms with Crippen LogP contribution in [-0.4, -0.2) is 40.0 Å². The van der Waals surface area contributed by atoms with Gasteiger partial charge in [-0.25, -0.2) is 0 Å². The van der Waals surface area contributed by atoms with Crippen LogP contribution in [0, 0.1) is 10.1 Å². The van der Waals surface area contributed by atoms with Crippen molar-refractivity contribution in [2.24, 2.45) is 0 Å². The molecule has 1 amide bonds. The first-order valence-corrected chi connectivity index (χ1v) is 6.28. The molecule has 0 aromatic heterocycles. The summed E-state index contributed by atoms with van der Waals surface area (Å²) in [5.41, 5.74) is -0.407. The van der Waals surface area contributed by atoms with Crippen LogP contribution in [0.5, 0.6) is 0 Å². The maximum atomic E-state index is 12.3. The number of hydrogen-bond acceptors (Lipinski definition) is 4. The fourth-order valence-electron chi connectivity index (χ4n) is 2.32. The van der Waals surface area contributed by atoms with Gasteiger partial charge in [0.2, 0.25) is 0 Å². The molecule has 0 bridgehead atoms. The Morgan fingerprint density at radius 1 is 1.58 bits per heavy atom. The van der Waals surface area contributed by atoms with Crippen LogP contribution in [0.4, 0.5) is 5.69 Å². The third kappa shape index (κ3) is 2.54. The number of halogens is 1. The highest BCUT2D eigenvalue weighted by atomic mass is 35.5. The van der Waals surface area contributed by atoms with E-state index in [9.17, 15) is 20.0 Å². The minimum Gasteiger partial charge on any atom is -0.394 e. The second kappa shape index (κ2) is 5.54. The molecule has 1 unspecified atom stereocenters. The lowest BCUT2D eigenvalue weighted by Crippen LogP contribution is -2.37. The van der Waals surface area contributed by atoms with E-state index in [1.165, 1.54) is 23.1 Å². The Labute approximate surface area is 114 Å². The van der Waals surface area contributed by atoms with Gasteiger partial charge in [0.1, 0.15) is 10.6 Å². The molecule has 0 spiro atoms. The van der Waals surface area contributed by atoms with Gasteiger partial charge >= 0.3 is 5.69 Å². The van der Waals surface area contributed by atoms with Crippen molar-refractivity contribution in [3.05, 3.63) is 38.9 Å². The zero-order valence-electron chi connectivity index (χ0n) is 10.1. The monoisotopic (exact) mass is 284 g/mol. The third-order valence-electron chi connectivity index (χ3n) is 3.25. The molecule has 1 aromatic carbocycles. The largest absolute Gasteiger partial charge is 0.394 e. The summed E-state index contributed by atoms with van der Waals surface area (Å²) < 4.78 is 0. The maximum Gasteiger partial charge on any atom is 0.300 e. The Balaban J connectivity index is 2.39. The summed E-state index contributed by atoms with van der Waals surface area (Å²) in [5.74, 6) is -0.453. The van der Waals surface area contributed by atoms with Gasteiger partial charge in [0.25, 0.3) is 5.91 Å². The van der Waals surface area contributed by atoms with Gasteiger partial charge in [-0.15, -0.1) is 0 Å². The molecule has 2 rings (SSSR count). The summed E-state index contributed by atoms with van der Waals surface area (Å²) in [5, 5.41) is 20.2. The number of likely N-dealkylation sites (tertiary alicyclic amines) is 1. The molecule has 1 aliphatic heterocycles. The quantitative estimate of drug-likeness (QED) is 0.678. The Morgan fingerprint density at radius 2 is 2.32 bits per heavy atom. The minimum absolute atomic E-state index is 0.0298. The molecule has 0 radical (unpaired) electrons. The van der Waals surface area contributed by atoms with Crippen LogP contribution in [0.15, 0.2) is 18.2 Å². The molecule has 1 aromatic rings. The summed E-state index contributed by atoms with van der Waals surface area (Å²) in [6, 6.07) is 4.00. The Kier molecular flexibility index (Phi) is 4.01. The maximum absolute atomic E-state index is 12.3. The van der Waals surface area contributed by atoms with E-state index in [1.807, 2.05) is 0 Å². The van der Waals surface area contributed by atoms with E-state index in [-0.39, 0.29) is 28.9 Å². The van der Waals surface area contributed by atoms with Gasteiger partial charge in [0.15, 0.2) is 0 Å². The summed E-state index contributed by atoms with van der Waals surface area (Å²) in [7, 11) is 0. The molecule has 1 saturated heterocycles. The number of benzene rings is 1. The van der Waals surface area contributed by atoms with Gasteiger partial charge < -0.3 is 10.0 Å². The number of aliphatic hydroxyl groups is 1. The van der Waals surface area contributed by atoms with Crippen molar-refractivity contribution in [3.8, 4) is 0 Å². The minimum atomic E-state index is -0.653. The number of amides is 1. The van der Waals surface area contributed by atoms with E-state index in [2.05, 4.69) is 0 Å². The number of nitro groups is 1. The highest BCUT2D eigenvalue weighted by Gasteiger charge is 2.33. The normalized spacial score (nSPS) is 18.6. The molecule has 1 atom stereocenters. The van der Waals surface area contributed by atoms with Gasteiger partial charge in [0, 0.05) is 6.54 Å². The molecule has 1 aliphatic rings. The van der Waals surface area contributed by atoms with Crippen molar-refractivity contribution in [3.63, 3.8) is 0 Å². The van der Waals surface area contributed by atoms with Gasteiger partial charge in [-0.05, 0) is 25.0 Å². The smallest absolute Gasteiger partial charge is 0.300 e. The Morgan fingerprint density at radius 3 is 2.95 bits per heavy atom. The lowest BCUT2D eigenvalue weighted by atomic mass is 10.1. The highest BCUT2D eigenvalue weighted by Crippen LogP contribution is 2.30. The predicted molar refractivity (Wildman–Crippen MR) is 69.3 cm³/mol. The molecule has 102 valence electrons. The first kappa shape index (κ1) is 13.8. The van der Waals surface area contributed by atoms with Crippen LogP contribution in [0.25, 0.3) is 0 Å². The average molecular weight is 285 g/mol. The zero-order valence-corrected chi connectivity index (χ0v) is 10.8. The second-order valence-electron chi connectivity index (χ2n) is 4.37. The van der Waals surface area contributed by atoms with Gasteiger partial charge in [-0.2, -0.15) is 0 Å². The van der Waals surface area contributed by atoms with E-state index < -0.39 is 10.8 Å². The average Bonchev–Trinajstić information content (AvgIpc) is 2.85. The molecule has 1 heterocycles. The van der Waals surface area contributed by atoms with Crippen LogP contribution in [0.1, 0.15) is 23.2 Å². The molecule has 0 saturated carbocycles. The van der Waals surface area contributed by atoms with Gasteiger partial charge in [0.05, 0.1) is 17.6 Å². The lowest BCUT2D eigenvalue weighted by Gasteiger charge is -2.22. The van der Waals surface area contributed by atoms with E-state index >= 15 is 0 Å². The fraction of sp³-hybridized carbons (Fsp3) is 0.417. The molecular formula is C12H13ClN2O4. The Bertz CT molecular complexity index is 520. The number of nitrogens with zero attached hydrogens (tertiary/aromatic N) is 2. The van der Waals surface area contributed by atoms with Crippen molar-refractivity contribution >= 4 is 23.2 Å². The second-order valence-corrected chi connectivity index (χ2v) is 4.78. The molecule has 6 nitrogen and oxygen atoms in total. The topological polar surface area (TPSA) is 83.7 Å². The number of hydrogen-bond donors (Lipinski definition) is 1. The van der Waals surface area contributed by atoms with E-state index in [4.69, 9.17) is 11.6 Å². The molecule has 0 aliphatic carbocycles. The summed E-state index contributed by atoms with van der Waals surface area (Å²) in [4.78, 5) is 24.2. The molecule has 7 heteroatoms. The number of carbonyl (C=O) groups is 1. The van der Waals surface area contributed by atoms with Crippen LogP contribution < -0.4 is 0 Å². The third-order valence-corrected chi connectivity index (χ3v) is 3.55. The fourth-order valence-corrected chi connectivity index (χ4v) is 2.56. The zero-order chi connectivity index (χ0) is 14.0. The van der Waals surface area contributed by atoms with Crippen LogP contribution in [-0.2, 0) is 0 Å². The van der Waals surface area contributed by atoms with Crippen molar-refractivity contribution < 1.29 is 14.8 Å². The number of aliphatic hydroxyl groups excluding tert-OH is 1.